The largest absolute Gasteiger partial charge is 0.389 e. The van der Waals surface area contributed by atoms with Gasteiger partial charge >= 0.3 is 0 Å². The topological polar surface area (TPSA) is 35.9 Å². The molecule has 0 amide bonds. The van der Waals surface area contributed by atoms with E-state index in [0.717, 1.165) is 44.0 Å². The molecule has 5 heteroatoms. The summed E-state index contributed by atoms with van der Waals surface area (Å²) in [7, 11) is 0. The van der Waals surface area contributed by atoms with Crippen LogP contribution in [0.4, 0.5) is 5.69 Å². The van der Waals surface area contributed by atoms with E-state index in [1.54, 1.807) is 0 Å². The van der Waals surface area contributed by atoms with E-state index in [4.69, 9.17) is 16.3 Å². The summed E-state index contributed by atoms with van der Waals surface area (Å²) in [4.78, 5) is 4.74. The van der Waals surface area contributed by atoms with Gasteiger partial charge in [0, 0.05) is 43.4 Å². The minimum atomic E-state index is -0.417. The first-order valence-corrected chi connectivity index (χ1v) is 11.1. The standard InChI is InChI=1S/C23H37ClN2O2/c1-17-11-21(14-23(3,4)13-17)28-16-20(27)15-25-7-9-26(10-8-25)22-12-19(24)6-5-18(22)2/h5-6,12,17,20-21,27H,7-11,13-16H2,1-4H3/t17-,20+,21+/m0/s1. The molecular formula is C23H37ClN2O2. The molecule has 1 aliphatic carbocycles. The molecule has 0 radical (unpaired) electrons. The molecule has 1 N–H and O–H groups in total. The summed E-state index contributed by atoms with van der Waals surface area (Å²) >= 11 is 6.17. The fraction of sp³-hybridized carbons (Fsp3) is 0.739. The normalized spacial score (nSPS) is 27.0. The molecule has 158 valence electrons. The fourth-order valence-corrected chi connectivity index (χ4v) is 5.24. The number of ether oxygens (including phenoxy) is 1. The van der Waals surface area contributed by atoms with Gasteiger partial charge in [-0.2, -0.15) is 0 Å². The first-order valence-electron chi connectivity index (χ1n) is 10.7. The lowest BCUT2D eigenvalue weighted by Crippen LogP contribution is -2.49. The number of aliphatic hydroxyl groups is 1. The number of halogens is 1. The van der Waals surface area contributed by atoms with Gasteiger partial charge in [-0.1, -0.05) is 38.4 Å². The molecule has 1 aromatic rings. The van der Waals surface area contributed by atoms with Crippen molar-refractivity contribution in [1.29, 1.82) is 0 Å². The van der Waals surface area contributed by atoms with Gasteiger partial charge in [0.15, 0.2) is 0 Å². The summed E-state index contributed by atoms with van der Waals surface area (Å²) in [5.41, 5.74) is 2.84. The van der Waals surface area contributed by atoms with Gasteiger partial charge in [0.05, 0.1) is 18.8 Å². The van der Waals surface area contributed by atoms with Crippen molar-refractivity contribution in [2.75, 3.05) is 44.2 Å². The second kappa shape index (κ2) is 9.34. The first kappa shape index (κ1) is 21.9. The summed E-state index contributed by atoms with van der Waals surface area (Å²) < 4.78 is 6.11. The molecule has 1 saturated carbocycles. The molecule has 3 atom stereocenters. The smallest absolute Gasteiger partial charge is 0.0900 e. The zero-order valence-corrected chi connectivity index (χ0v) is 18.7. The maximum absolute atomic E-state index is 10.5. The van der Waals surface area contributed by atoms with Crippen LogP contribution in [0.5, 0.6) is 0 Å². The molecule has 3 rings (SSSR count). The lowest BCUT2D eigenvalue weighted by atomic mass is 9.71. The van der Waals surface area contributed by atoms with Gasteiger partial charge < -0.3 is 14.7 Å². The number of hydrogen-bond acceptors (Lipinski definition) is 4. The molecule has 4 nitrogen and oxygen atoms in total. The second-order valence-electron chi connectivity index (χ2n) is 9.74. The van der Waals surface area contributed by atoms with Crippen molar-refractivity contribution in [2.24, 2.45) is 11.3 Å². The Morgan fingerprint density at radius 1 is 1.21 bits per heavy atom. The van der Waals surface area contributed by atoms with Crippen LogP contribution in [-0.2, 0) is 4.74 Å². The molecular weight excluding hydrogens is 372 g/mol. The minimum Gasteiger partial charge on any atom is -0.389 e. The molecule has 2 fully saturated rings. The quantitative estimate of drug-likeness (QED) is 0.758. The maximum atomic E-state index is 10.5. The molecule has 1 saturated heterocycles. The van der Waals surface area contributed by atoms with E-state index in [9.17, 15) is 5.11 Å². The van der Waals surface area contributed by atoms with Crippen molar-refractivity contribution >= 4 is 17.3 Å². The number of anilines is 1. The predicted octanol–water partition coefficient (Wildman–Crippen LogP) is 4.36. The molecule has 0 spiro atoms. The number of aryl methyl sites for hydroxylation is 1. The third kappa shape index (κ3) is 6.09. The van der Waals surface area contributed by atoms with Crippen LogP contribution in [0.15, 0.2) is 18.2 Å². The molecule has 2 aliphatic rings. The number of β-amino-alcohol motifs (C(OH)–C–C–N with tert-alkyl or cyclic N) is 1. The third-order valence-electron chi connectivity index (χ3n) is 6.22. The number of piperazine rings is 1. The SMILES string of the molecule is Cc1ccc(Cl)cc1N1CCN(C[C@@H](O)CO[C@@H]2C[C@H](C)CC(C)(C)C2)CC1. The van der Waals surface area contributed by atoms with Crippen molar-refractivity contribution < 1.29 is 9.84 Å². The average Bonchev–Trinajstić information content (AvgIpc) is 2.61. The summed E-state index contributed by atoms with van der Waals surface area (Å²) in [6.45, 7) is 14.1. The van der Waals surface area contributed by atoms with Gasteiger partial charge in [-0.3, -0.25) is 4.90 Å². The Morgan fingerprint density at radius 2 is 1.93 bits per heavy atom. The van der Waals surface area contributed by atoms with Crippen molar-refractivity contribution in [3.05, 3.63) is 28.8 Å². The summed E-state index contributed by atoms with van der Waals surface area (Å²) in [6, 6.07) is 6.08. The Morgan fingerprint density at radius 3 is 2.61 bits per heavy atom. The average molecular weight is 409 g/mol. The summed E-state index contributed by atoms with van der Waals surface area (Å²) in [6.07, 6.45) is 3.36. The number of benzene rings is 1. The maximum Gasteiger partial charge on any atom is 0.0900 e. The Bertz CT molecular complexity index is 643. The molecule has 0 bridgehead atoms. The summed E-state index contributed by atoms with van der Waals surface area (Å²) in [5.74, 6) is 0.703. The predicted molar refractivity (Wildman–Crippen MR) is 117 cm³/mol. The molecule has 0 aromatic heterocycles. The monoisotopic (exact) mass is 408 g/mol. The van der Waals surface area contributed by atoms with Gasteiger partial charge in [-0.25, -0.2) is 0 Å². The van der Waals surface area contributed by atoms with E-state index in [1.165, 1.54) is 17.7 Å². The molecule has 0 unspecified atom stereocenters. The van der Waals surface area contributed by atoms with Crippen molar-refractivity contribution in [1.82, 2.24) is 4.90 Å². The fourth-order valence-electron chi connectivity index (χ4n) is 5.08. The van der Waals surface area contributed by atoms with E-state index >= 15 is 0 Å². The minimum absolute atomic E-state index is 0.288. The number of aliphatic hydroxyl groups excluding tert-OH is 1. The summed E-state index contributed by atoms with van der Waals surface area (Å²) in [5, 5.41) is 11.3. The highest BCUT2D eigenvalue weighted by Gasteiger charge is 2.33. The van der Waals surface area contributed by atoms with Crippen LogP contribution in [0.25, 0.3) is 0 Å². The lowest BCUT2D eigenvalue weighted by molar-refractivity contribution is -0.0615. The highest BCUT2D eigenvalue weighted by atomic mass is 35.5. The van der Waals surface area contributed by atoms with Crippen molar-refractivity contribution in [2.45, 2.75) is 59.2 Å². The van der Waals surface area contributed by atoms with Crippen LogP contribution in [0.2, 0.25) is 5.02 Å². The number of hydrogen-bond donors (Lipinski definition) is 1. The van der Waals surface area contributed by atoms with Gasteiger partial charge in [-0.05, 0) is 55.2 Å². The van der Waals surface area contributed by atoms with E-state index in [2.05, 4.69) is 49.6 Å². The van der Waals surface area contributed by atoms with E-state index < -0.39 is 6.10 Å². The highest BCUT2D eigenvalue weighted by Crippen LogP contribution is 2.39. The van der Waals surface area contributed by atoms with Crippen LogP contribution >= 0.6 is 11.6 Å². The van der Waals surface area contributed by atoms with Crippen LogP contribution in [0.3, 0.4) is 0 Å². The molecule has 1 aliphatic heterocycles. The van der Waals surface area contributed by atoms with Gasteiger partial charge in [0.25, 0.3) is 0 Å². The molecule has 28 heavy (non-hydrogen) atoms. The van der Waals surface area contributed by atoms with Crippen LogP contribution in [-0.4, -0.2) is 61.5 Å². The zero-order chi connectivity index (χ0) is 20.3. The Hall–Kier alpha value is -0.810. The number of nitrogens with zero attached hydrogens (tertiary/aromatic N) is 2. The van der Waals surface area contributed by atoms with Crippen LogP contribution in [0.1, 0.15) is 45.6 Å². The lowest BCUT2D eigenvalue weighted by Gasteiger charge is -2.39. The molecule has 1 heterocycles. The Kier molecular flexibility index (Phi) is 7.30. The van der Waals surface area contributed by atoms with Gasteiger partial charge in [0.1, 0.15) is 0 Å². The number of rotatable bonds is 6. The molecule has 1 aromatic carbocycles. The first-order chi connectivity index (χ1) is 13.2. The van der Waals surface area contributed by atoms with Gasteiger partial charge in [-0.15, -0.1) is 0 Å². The van der Waals surface area contributed by atoms with E-state index in [1.807, 2.05) is 6.07 Å². The Balaban J connectivity index is 1.41. The van der Waals surface area contributed by atoms with E-state index in [-0.39, 0.29) is 6.10 Å². The Labute approximate surface area is 175 Å². The van der Waals surface area contributed by atoms with Gasteiger partial charge in [0.2, 0.25) is 0 Å². The highest BCUT2D eigenvalue weighted by molar-refractivity contribution is 6.30. The van der Waals surface area contributed by atoms with Crippen molar-refractivity contribution in [3.8, 4) is 0 Å². The second-order valence-corrected chi connectivity index (χ2v) is 10.2. The van der Waals surface area contributed by atoms with Crippen LogP contribution < -0.4 is 4.90 Å². The van der Waals surface area contributed by atoms with Crippen LogP contribution in [0, 0.1) is 18.3 Å². The van der Waals surface area contributed by atoms with E-state index in [0.29, 0.717) is 24.5 Å². The zero-order valence-electron chi connectivity index (χ0n) is 18.0. The van der Waals surface area contributed by atoms with Crippen molar-refractivity contribution in [3.63, 3.8) is 0 Å². The third-order valence-corrected chi connectivity index (χ3v) is 6.46.